The summed E-state index contributed by atoms with van der Waals surface area (Å²) in [5, 5.41) is 13.6. The van der Waals surface area contributed by atoms with Crippen LogP contribution in [-0.2, 0) is 10.0 Å². The van der Waals surface area contributed by atoms with Gasteiger partial charge in [-0.2, -0.15) is 17.6 Å². The molecule has 4 aromatic rings. The van der Waals surface area contributed by atoms with Gasteiger partial charge in [-0.15, -0.1) is 13.2 Å². The van der Waals surface area contributed by atoms with Crippen molar-refractivity contribution in [2.75, 3.05) is 0 Å². The van der Waals surface area contributed by atoms with Crippen LogP contribution in [0.15, 0.2) is 77.7 Å². The van der Waals surface area contributed by atoms with Crippen LogP contribution in [0.1, 0.15) is 10.4 Å². The van der Waals surface area contributed by atoms with E-state index in [1.54, 1.807) is 18.2 Å². The maximum Gasteiger partial charge on any atom is 0.573 e. The highest BCUT2D eigenvalue weighted by Crippen LogP contribution is 2.34. The molecule has 3 aromatic carbocycles. The lowest BCUT2D eigenvalue weighted by Gasteiger charge is -2.13. The van der Waals surface area contributed by atoms with Gasteiger partial charge in [0.25, 0.3) is 10.0 Å². The van der Waals surface area contributed by atoms with E-state index in [1.165, 1.54) is 42.5 Å². The zero-order chi connectivity index (χ0) is 23.1. The Bertz CT molecular complexity index is 1430. The molecule has 0 fully saturated rings. The quantitative estimate of drug-likeness (QED) is 0.468. The van der Waals surface area contributed by atoms with Crippen molar-refractivity contribution in [1.82, 2.24) is 9.19 Å². The fourth-order valence-corrected chi connectivity index (χ4v) is 4.58. The number of para-hydroxylation sites is 2. The number of aromatic nitrogens is 2. The number of carbonyl (C=O) groups is 1. The maximum absolute atomic E-state index is 13.3. The summed E-state index contributed by atoms with van der Waals surface area (Å²) in [6.07, 6.45) is -5.09. The Morgan fingerprint density at radius 3 is 2.22 bits per heavy atom. The topological polar surface area (TPSA) is 98.5 Å². The monoisotopic (exact) mass is 462 g/mol. The van der Waals surface area contributed by atoms with Crippen molar-refractivity contribution >= 4 is 26.9 Å². The highest BCUT2D eigenvalue weighted by atomic mass is 32.2. The Morgan fingerprint density at radius 1 is 0.938 bits per heavy atom. The van der Waals surface area contributed by atoms with Gasteiger partial charge in [0.2, 0.25) is 0 Å². The van der Waals surface area contributed by atoms with Gasteiger partial charge >= 0.3 is 12.3 Å². The van der Waals surface area contributed by atoms with E-state index >= 15 is 0 Å². The van der Waals surface area contributed by atoms with Crippen molar-refractivity contribution in [3.8, 4) is 17.0 Å². The summed E-state index contributed by atoms with van der Waals surface area (Å²) in [7, 11) is -4.59. The van der Waals surface area contributed by atoms with Gasteiger partial charge in [-0.25, -0.2) is 4.79 Å². The zero-order valence-corrected chi connectivity index (χ0v) is 16.8. The molecule has 0 bridgehead atoms. The van der Waals surface area contributed by atoms with Crippen molar-refractivity contribution in [3.63, 3.8) is 0 Å². The summed E-state index contributed by atoms with van der Waals surface area (Å²) in [6.45, 7) is 0. The van der Waals surface area contributed by atoms with Crippen molar-refractivity contribution in [3.05, 3.63) is 78.4 Å². The average Bonchev–Trinajstić information content (AvgIpc) is 3.13. The lowest BCUT2D eigenvalue weighted by atomic mass is 10.1. The largest absolute Gasteiger partial charge is 0.573 e. The van der Waals surface area contributed by atoms with E-state index in [1.807, 2.05) is 0 Å². The predicted octanol–water partition coefficient (Wildman–Crippen LogP) is 4.54. The number of alkyl halides is 3. The molecule has 11 heteroatoms. The molecule has 32 heavy (non-hydrogen) atoms. The van der Waals surface area contributed by atoms with Gasteiger partial charge in [-0.1, -0.05) is 42.5 Å². The number of rotatable bonds is 5. The molecule has 0 radical (unpaired) electrons. The first-order valence-electron chi connectivity index (χ1n) is 9.00. The van der Waals surface area contributed by atoms with E-state index in [2.05, 4.69) is 9.84 Å². The Morgan fingerprint density at radius 2 is 1.56 bits per heavy atom. The van der Waals surface area contributed by atoms with Crippen LogP contribution in [-0.4, -0.2) is 35.0 Å². The van der Waals surface area contributed by atoms with Crippen LogP contribution in [0.2, 0.25) is 0 Å². The van der Waals surface area contributed by atoms with Crippen LogP contribution in [0.5, 0.6) is 5.75 Å². The second kappa shape index (κ2) is 7.68. The maximum atomic E-state index is 13.3. The minimum atomic E-state index is -5.09. The van der Waals surface area contributed by atoms with E-state index in [9.17, 15) is 26.4 Å². The fraction of sp³-hybridized carbons (Fsp3) is 0.0476. The Kier molecular flexibility index (Phi) is 5.13. The molecule has 0 saturated carbocycles. The second-order valence-electron chi connectivity index (χ2n) is 6.59. The summed E-state index contributed by atoms with van der Waals surface area (Å²) in [5.74, 6) is -2.01. The molecular formula is C21H13F3N2O5S. The average molecular weight is 462 g/mol. The van der Waals surface area contributed by atoms with E-state index in [0.717, 1.165) is 12.1 Å². The minimum Gasteiger partial charge on any atom is -0.478 e. The Balaban J connectivity index is 1.91. The first kappa shape index (κ1) is 21.4. The number of fused-ring (bicyclic) bond motifs is 1. The van der Waals surface area contributed by atoms with Crippen molar-refractivity contribution in [1.29, 1.82) is 0 Å². The van der Waals surface area contributed by atoms with Crippen molar-refractivity contribution < 1.29 is 36.2 Å². The second-order valence-corrected chi connectivity index (χ2v) is 8.33. The molecule has 0 atom stereocenters. The van der Waals surface area contributed by atoms with E-state index in [4.69, 9.17) is 5.11 Å². The smallest absolute Gasteiger partial charge is 0.478 e. The van der Waals surface area contributed by atoms with Crippen LogP contribution in [0, 0.1) is 0 Å². The fourth-order valence-electron chi connectivity index (χ4n) is 3.17. The Labute approximate surface area is 179 Å². The summed E-state index contributed by atoms with van der Waals surface area (Å²) in [5.41, 5.74) is 0.810. The van der Waals surface area contributed by atoms with Gasteiger partial charge < -0.3 is 9.84 Å². The molecule has 4 rings (SSSR count). The number of hydrogen-bond donors (Lipinski definition) is 1. The lowest BCUT2D eigenvalue weighted by Crippen LogP contribution is -2.21. The van der Waals surface area contributed by atoms with Crippen LogP contribution >= 0.6 is 0 Å². The third kappa shape index (κ3) is 3.89. The summed E-state index contributed by atoms with van der Waals surface area (Å²) < 4.78 is 69.6. The first-order chi connectivity index (χ1) is 15.1. The molecule has 164 valence electrons. The highest BCUT2D eigenvalue weighted by Gasteiger charge is 2.35. The minimum absolute atomic E-state index is 0.0309. The third-order valence-electron chi connectivity index (χ3n) is 4.54. The van der Waals surface area contributed by atoms with Gasteiger partial charge in [-0.05, 0) is 30.3 Å². The first-order valence-corrected chi connectivity index (χ1v) is 10.4. The molecule has 7 nitrogen and oxygen atoms in total. The van der Waals surface area contributed by atoms with Crippen LogP contribution in [0.3, 0.4) is 0 Å². The number of hydrogen-bond acceptors (Lipinski definition) is 5. The molecule has 0 aliphatic heterocycles. The van der Waals surface area contributed by atoms with Crippen molar-refractivity contribution in [2.45, 2.75) is 11.3 Å². The Hall–Kier alpha value is -3.86. The molecule has 1 aromatic heterocycles. The van der Waals surface area contributed by atoms with Crippen LogP contribution in [0.4, 0.5) is 13.2 Å². The zero-order valence-electron chi connectivity index (χ0n) is 15.9. The van der Waals surface area contributed by atoms with Gasteiger partial charge in [-0.3, -0.25) is 0 Å². The summed E-state index contributed by atoms with van der Waals surface area (Å²) >= 11 is 0. The van der Waals surface area contributed by atoms with E-state index < -0.39 is 33.0 Å². The molecule has 0 amide bonds. The molecule has 0 aliphatic rings. The van der Waals surface area contributed by atoms with E-state index in [0.29, 0.717) is 15.0 Å². The van der Waals surface area contributed by atoms with Gasteiger partial charge in [0.15, 0.2) is 0 Å². The van der Waals surface area contributed by atoms with Gasteiger partial charge in [0, 0.05) is 10.9 Å². The number of halogens is 3. The molecular weight excluding hydrogens is 449 g/mol. The van der Waals surface area contributed by atoms with E-state index in [-0.39, 0.29) is 16.8 Å². The molecule has 1 heterocycles. The summed E-state index contributed by atoms with van der Waals surface area (Å²) in [4.78, 5) is 10.4. The molecule has 0 saturated heterocycles. The highest BCUT2D eigenvalue weighted by molar-refractivity contribution is 7.90. The van der Waals surface area contributed by atoms with Gasteiger partial charge in [0.1, 0.15) is 16.3 Å². The summed E-state index contributed by atoms with van der Waals surface area (Å²) in [6, 6.07) is 16.3. The molecule has 1 N–H and O–H groups in total. The van der Waals surface area contributed by atoms with Crippen molar-refractivity contribution in [2.24, 2.45) is 0 Å². The number of carboxylic acids is 1. The number of carboxylic acid groups (broad SMARTS) is 1. The number of benzene rings is 3. The van der Waals surface area contributed by atoms with Crippen LogP contribution in [0.25, 0.3) is 22.2 Å². The lowest BCUT2D eigenvalue weighted by molar-refractivity contribution is -0.275. The predicted molar refractivity (Wildman–Crippen MR) is 108 cm³/mol. The SMILES string of the molecule is O=C(O)c1ccc(-c2nn(S(=O)(=O)c3ccccc3OC(F)(F)F)c3ccccc23)cc1. The van der Waals surface area contributed by atoms with Crippen LogP contribution < -0.4 is 4.74 Å². The molecule has 0 unspecified atom stereocenters. The molecule has 0 aliphatic carbocycles. The normalized spacial score (nSPS) is 12.1. The third-order valence-corrected chi connectivity index (χ3v) is 6.17. The standard InChI is InChI=1S/C21H13F3N2O5S/c22-21(23,24)31-17-7-3-4-8-18(17)32(29,30)26-16-6-2-1-5-15(16)19(25-26)13-9-11-14(12-10-13)20(27)28/h1-12H,(H,27,28). The number of ether oxygens (including phenoxy) is 1. The number of nitrogens with zero attached hydrogens (tertiary/aromatic N) is 2. The number of aromatic carboxylic acids is 1. The molecule has 0 spiro atoms. The van der Waals surface area contributed by atoms with Gasteiger partial charge in [0.05, 0.1) is 11.1 Å².